The molecule has 0 aliphatic rings. The standard InChI is InChI=1S/C16H28O4.2Na/c1-2-3-4-5-6-7-8-9-10-11-12-14(16(19)20)13-15(17)18;;/h11-12,14H,2-10,13H2,1H3,(H,17,18)(H,19,20);;/q;2*+1/p-2/b12-11+;;. The van der Waals surface area contributed by atoms with E-state index in [2.05, 4.69) is 6.92 Å². The van der Waals surface area contributed by atoms with Crippen molar-refractivity contribution in [2.24, 2.45) is 5.92 Å². The maximum atomic E-state index is 10.7. The average Bonchev–Trinajstić information content (AvgIpc) is 2.39. The molecule has 1 unspecified atom stereocenters. The van der Waals surface area contributed by atoms with Crippen molar-refractivity contribution in [3.05, 3.63) is 12.2 Å². The SMILES string of the molecule is CCCCCCCCCC/C=C/C(CC(=O)[O-])C(=O)[O-].[Na+].[Na+]. The Morgan fingerprint density at radius 1 is 0.909 bits per heavy atom. The van der Waals surface area contributed by atoms with Crippen molar-refractivity contribution in [2.75, 3.05) is 0 Å². The maximum Gasteiger partial charge on any atom is 1.00 e. The largest absolute Gasteiger partial charge is 1.00 e. The van der Waals surface area contributed by atoms with Gasteiger partial charge in [-0.15, -0.1) is 0 Å². The first-order valence-electron chi connectivity index (χ1n) is 7.65. The average molecular weight is 328 g/mol. The third kappa shape index (κ3) is 18.7. The number of unbranched alkanes of at least 4 members (excludes halogenated alkanes) is 8. The number of carboxylic acid groups (broad SMARTS) is 2. The molecule has 0 aromatic rings. The van der Waals surface area contributed by atoms with E-state index in [9.17, 15) is 19.8 Å². The molecule has 0 heterocycles. The van der Waals surface area contributed by atoms with Crippen LogP contribution >= 0.6 is 0 Å². The molecule has 0 saturated carbocycles. The number of carboxylic acids is 2. The number of carbonyl (C=O) groups excluding carboxylic acids is 2. The van der Waals surface area contributed by atoms with Crippen LogP contribution in [0, 0.1) is 5.92 Å². The third-order valence-corrected chi connectivity index (χ3v) is 3.28. The molecule has 0 amide bonds. The van der Waals surface area contributed by atoms with Crippen LogP contribution in [0.4, 0.5) is 0 Å². The van der Waals surface area contributed by atoms with E-state index in [1.807, 2.05) is 0 Å². The summed E-state index contributed by atoms with van der Waals surface area (Å²) in [7, 11) is 0. The van der Waals surface area contributed by atoms with Crippen molar-refractivity contribution in [3.8, 4) is 0 Å². The Hall–Kier alpha value is 0.680. The number of carbonyl (C=O) groups is 2. The van der Waals surface area contributed by atoms with Crippen LogP contribution in [0.25, 0.3) is 0 Å². The molecule has 0 N–H and O–H groups in total. The second-order valence-electron chi connectivity index (χ2n) is 5.19. The fraction of sp³-hybridized carbons (Fsp3) is 0.750. The Balaban J connectivity index is -0.00000180. The van der Waals surface area contributed by atoms with Gasteiger partial charge in [-0.3, -0.25) is 0 Å². The van der Waals surface area contributed by atoms with Crippen LogP contribution in [-0.4, -0.2) is 11.9 Å². The van der Waals surface area contributed by atoms with E-state index >= 15 is 0 Å². The van der Waals surface area contributed by atoms with E-state index in [-0.39, 0.29) is 59.1 Å². The van der Waals surface area contributed by atoms with Crippen molar-refractivity contribution >= 4 is 11.9 Å². The minimum absolute atomic E-state index is 0. The van der Waals surface area contributed by atoms with Gasteiger partial charge in [0, 0.05) is 17.9 Å². The van der Waals surface area contributed by atoms with Crippen LogP contribution in [0.5, 0.6) is 0 Å². The summed E-state index contributed by atoms with van der Waals surface area (Å²) in [5.41, 5.74) is 0. The molecule has 0 bridgehead atoms. The van der Waals surface area contributed by atoms with Crippen molar-refractivity contribution < 1.29 is 78.9 Å². The summed E-state index contributed by atoms with van der Waals surface area (Å²) in [6.45, 7) is 2.20. The fourth-order valence-electron chi connectivity index (χ4n) is 2.07. The maximum absolute atomic E-state index is 10.7. The first kappa shape index (κ1) is 27.5. The fourth-order valence-corrected chi connectivity index (χ4v) is 2.07. The number of hydrogen-bond acceptors (Lipinski definition) is 4. The summed E-state index contributed by atoms with van der Waals surface area (Å²) in [6, 6.07) is 0. The summed E-state index contributed by atoms with van der Waals surface area (Å²) in [4.78, 5) is 21.0. The van der Waals surface area contributed by atoms with Gasteiger partial charge in [-0.1, -0.05) is 64.0 Å². The molecule has 22 heavy (non-hydrogen) atoms. The zero-order chi connectivity index (χ0) is 15.2. The normalized spacial score (nSPS) is 11.5. The Labute approximate surface area is 178 Å². The first-order chi connectivity index (χ1) is 9.57. The van der Waals surface area contributed by atoms with Crippen LogP contribution in [0.15, 0.2) is 12.2 Å². The van der Waals surface area contributed by atoms with Gasteiger partial charge >= 0.3 is 59.1 Å². The van der Waals surface area contributed by atoms with Crippen LogP contribution < -0.4 is 69.3 Å². The zero-order valence-corrected chi connectivity index (χ0v) is 18.4. The number of hydrogen-bond donors (Lipinski definition) is 0. The topological polar surface area (TPSA) is 80.3 Å². The van der Waals surface area contributed by atoms with E-state index in [4.69, 9.17) is 0 Å². The second-order valence-corrected chi connectivity index (χ2v) is 5.19. The van der Waals surface area contributed by atoms with E-state index in [1.165, 1.54) is 44.6 Å². The van der Waals surface area contributed by atoms with Gasteiger partial charge in [0.25, 0.3) is 0 Å². The molecule has 0 aromatic carbocycles. The van der Waals surface area contributed by atoms with Gasteiger partial charge in [-0.25, -0.2) is 0 Å². The zero-order valence-electron chi connectivity index (χ0n) is 14.4. The second kappa shape index (κ2) is 19.7. The van der Waals surface area contributed by atoms with Gasteiger partial charge in [-0.2, -0.15) is 0 Å². The summed E-state index contributed by atoms with van der Waals surface area (Å²) in [6.07, 6.45) is 13.2. The van der Waals surface area contributed by atoms with Crippen LogP contribution in [0.1, 0.15) is 71.1 Å². The quantitative estimate of drug-likeness (QED) is 0.194. The minimum atomic E-state index is -1.36. The molecule has 4 nitrogen and oxygen atoms in total. The molecular weight excluding hydrogens is 302 g/mol. The predicted octanol–water partition coefficient (Wildman–Crippen LogP) is -4.41. The molecule has 0 aromatic heterocycles. The summed E-state index contributed by atoms with van der Waals surface area (Å²) in [5.74, 6) is -3.80. The molecule has 116 valence electrons. The molecule has 0 radical (unpaired) electrons. The summed E-state index contributed by atoms with van der Waals surface area (Å²) >= 11 is 0. The monoisotopic (exact) mass is 328 g/mol. The Morgan fingerprint density at radius 2 is 1.41 bits per heavy atom. The molecule has 6 heteroatoms. The summed E-state index contributed by atoms with van der Waals surface area (Å²) in [5, 5.41) is 21.0. The van der Waals surface area contributed by atoms with Gasteiger partial charge in [0.05, 0.1) is 0 Å². The van der Waals surface area contributed by atoms with Crippen molar-refractivity contribution in [1.82, 2.24) is 0 Å². The smallest absolute Gasteiger partial charge is 0.550 e. The molecule has 0 aliphatic heterocycles. The first-order valence-corrected chi connectivity index (χ1v) is 7.65. The molecule has 0 fully saturated rings. The molecule has 0 rings (SSSR count). The molecular formula is C16H26Na2O4. The molecule has 0 spiro atoms. The number of aliphatic carboxylic acids is 2. The Bertz CT molecular complexity index is 307. The van der Waals surface area contributed by atoms with Crippen LogP contribution in [-0.2, 0) is 9.59 Å². The van der Waals surface area contributed by atoms with Crippen molar-refractivity contribution in [3.63, 3.8) is 0 Å². The Kier molecular flexibility index (Phi) is 24.7. The van der Waals surface area contributed by atoms with E-state index in [0.717, 1.165) is 19.3 Å². The van der Waals surface area contributed by atoms with E-state index in [1.54, 1.807) is 6.08 Å². The number of rotatable bonds is 13. The molecule has 0 saturated heterocycles. The van der Waals surface area contributed by atoms with E-state index in [0.29, 0.717) is 0 Å². The van der Waals surface area contributed by atoms with Gasteiger partial charge in [0.2, 0.25) is 0 Å². The van der Waals surface area contributed by atoms with E-state index < -0.39 is 24.3 Å². The Morgan fingerprint density at radius 3 is 1.86 bits per heavy atom. The third-order valence-electron chi connectivity index (χ3n) is 3.28. The predicted molar refractivity (Wildman–Crippen MR) is 74.5 cm³/mol. The van der Waals surface area contributed by atoms with Crippen LogP contribution in [0.3, 0.4) is 0 Å². The van der Waals surface area contributed by atoms with Gasteiger partial charge in [-0.05, 0) is 19.3 Å². The van der Waals surface area contributed by atoms with Gasteiger partial charge in [0.1, 0.15) is 0 Å². The molecule has 0 aliphatic carbocycles. The number of allylic oxidation sites excluding steroid dienone is 1. The van der Waals surface area contributed by atoms with Gasteiger partial charge in [0.15, 0.2) is 0 Å². The van der Waals surface area contributed by atoms with Crippen molar-refractivity contribution in [1.29, 1.82) is 0 Å². The van der Waals surface area contributed by atoms with Crippen LogP contribution in [0.2, 0.25) is 0 Å². The minimum Gasteiger partial charge on any atom is -0.550 e. The molecule has 1 atom stereocenters. The summed E-state index contributed by atoms with van der Waals surface area (Å²) < 4.78 is 0. The van der Waals surface area contributed by atoms with Gasteiger partial charge < -0.3 is 19.8 Å². The van der Waals surface area contributed by atoms with Crippen molar-refractivity contribution in [2.45, 2.75) is 71.1 Å².